The van der Waals surface area contributed by atoms with Crippen LogP contribution in [0.3, 0.4) is 0 Å². The third kappa shape index (κ3) is 3.03. The van der Waals surface area contributed by atoms with E-state index < -0.39 is 6.10 Å². The van der Waals surface area contributed by atoms with Gasteiger partial charge in [-0.15, -0.1) is 0 Å². The fourth-order valence-electron chi connectivity index (χ4n) is 3.72. The summed E-state index contributed by atoms with van der Waals surface area (Å²) >= 11 is 0. The first-order chi connectivity index (χ1) is 10.7. The zero-order chi connectivity index (χ0) is 15.5. The molecule has 0 radical (unpaired) electrons. The van der Waals surface area contributed by atoms with E-state index in [0.717, 1.165) is 18.5 Å². The number of aliphatic hydroxyl groups is 2. The largest absolute Gasteiger partial charge is 0.396 e. The van der Waals surface area contributed by atoms with E-state index in [1.165, 1.54) is 19.3 Å². The van der Waals surface area contributed by atoms with E-state index >= 15 is 0 Å². The molecule has 0 unspecified atom stereocenters. The smallest absolute Gasteiger partial charge is 0.257 e. The lowest BCUT2D eigenvalue weighted by Crippen LogP contribution is -2.47. The normalized spacial score (nSPS) is 27.1. The lowest BCUT2D eigenvalue weighted by Gasteiger charge is -2.35. The molecule has 1 saturated heterocycles. The molecule has 0 spiro atoms. The van der Waals surface area contributed by atoms with Crippen LogP contribution in [-0.4, -0.2) is 57.0 Å². The van der Waals surface area contributed by atoms with Crippen LogP contribution in [0, 0.1) is 5.92 Å². The van der Waals surface area contributed by atoms with Crippen molar-refractivity contribution in [1.29, 1.82) is 0 Å². The topological polar surface area (TPSA) is 89.5 Å². The molecule has 3 rings (SSSR count). The first kappa shape index (κ1) is 15.5. The van der Waals surface area contributed by atoms with Crippen LogP contribution in [0.5, 0.6) is 0 Å². The average Bonchev–Trinajstić information content (AvgIpc) is 3.04. The molecule has 0 bridgehead atoms. The Bertz CT molecular complexity index is 510. The number of aliphatic hydroxyl groups excluding tert-OH is 2. The molecule has 1 aromatic heterocycles. The second-order valence-electron chi connectivity index (χ2n) is 6.58. The summed E-state index contributed by atoms with van der Waals surface area (Å²) in [6.07, 6.45) is 7.52. The van der Waals surface area contributed by atoms with Crippen LogP contribution in [0.2, 0.25) is 0 Å². The van der Waals surface area contributed by atoms with Crippen LogP contribution in [-0.2, 0) is 0 Å². The Kier molecular flexibility index (Phi) is 4.78. The highest BCUT2D eigenvalue weighted by molar-refractivity contribution is 5.95. The fourth-order valence-corrected chi connectivity index (χ4v) is 3.72. The van der Waals surface area contributed by atoms with E-state index in [9.17, 15) is 15.0 Å². The highest BCUT2D eigenvalue weighted by Gasteiger charge is 2.32. The van der Waals surface area contributed by atoms with Gasteiger partial charge in [0.25, 0.3) is 5.91 Å². The molecule has 0 aromatic carbocycles. The average molecular weight is 307 g/mol. The molecule has 2 fully saturated rings. The van der Waals surface area contributed by atoms with Gasteiger partial charge in [0.15, 0.2) is 0 Å². The Morgan fingerprint density at radius 3 is 2.77 bits per heavy atom. The summed E-state index contributed by atoms with van der Waals surface area (Å²) in [7, 11) is 0. The predicted octanol–water partition coefficient (Wildman–Crippen LogP) is 1.27. The van der Waals surface area contributed by atoms with E-state index in [1.54, 1.807) is 11.1 Å². The van der Waals surface area contributed by atoms with Gasteiger partial charge in [0, 0.05) is 31.5 Å². The van der Waals surface area contributed by atoms with Gasteiger partial charge in [0.1, 0.15) is 0 Å². The van der Waals surface area contributed by atoms with Gasteiger partial charge in [-0.2, -0.15) is 5.10 Å². The van der Waals surface area contributed by atoms with Crippen molar-refractivity contribution < 1.29 is 15.0 Å². The van der Waals surface area contributed by atoms with Gasteiger partial charge in [0.2, 0.25) is 0 Å². The molecule has 1 amide bonds. The molecule has 2 aliphatic rings. The van der Waals surface area contributed by atoms with Gasteiger partial charge in [-0.1, -0.05) is 19.3 Å². The molecule has 1 aliphatic carbocycles. The van der Waals surface area contributed by atoms with Crippen LogP contribution in [0.15, 0.2) is 6.20 Å². The van der Waals surface area contributed by atoms with Crippen LogP contribution in [0.4, 0.5) is 0 Å². The van der Waals surface area contributed by atoms with Crippen molar-refractivity contribution in [2.75, 3.05) is 19.7 Å². The number of nitrogens with one attached hydrogen (secondary N) is 1. The highest BCUT2D eigenvalue weighted by atomic mass is 16.3. The number of amides is 1. The third-order valence-corrected chi connectivity index (χ3v) is 5.16. The number of H-pyrrole nitrogens is 1. The second-order valence-corrected chi connectivity index (χ2v) is 6.58. The molecule has 6 nitrogen and oxygen atoms in total. The maximum absolute atomic E-state index is 12.8. The molecule has 1 aromatic rings. The van der Waals surface area contributed by atoms with E-state index in [-0.39, 0.29) is 18.4 Å². The lowest BCUT2D eigenvalue weighted by atomic mass is 9.85. The number of likely N-dealkylation sites (tertiary alicyclic amines) is 1. The number of hydrogen-bond acceptors (Lipinski definition) is 4. The number of carbonyl (C=O) groups is 1. The number of piperidine rings is 1. The summed E-state index contributed by atoms with van der Waals surface area (Å²) in [6, 6.07) is 0. The fraction of sp³-hybridized carbons (Fsp3) is 0.750. The Morgan fingerprint density at radius 1 is 1.32 bits per heavy atom. The number of rotatable bonds is 3. The minimum Gasteiger partial charge on any atom is -0.396 e. The summed E-state index contributed by atoms with van der Waals surface area (Å²) in [5, 5.41) is 26.3. The number of hydrogen-bond donors (Lipinski definition) is 3. The minimum absolute atomic E-state index is 0.0256. The van der Waals surface area contributed by atoms with Crippen LogP contribution < -0.4 is 0 Å². The molecular weight excluding hydrogens is 282 g/mol. The molecule has 2 heterocycles. The zero-order valence-electron chi connectivity index (χ0n) is 12.9. The van der Waals surface area contributed by atoms with Crippen molar-refractivity contribution in [3.8, 4) is 0 Å². The zero-order valence-corrected chi connectivity index (χ0v) is 12.9. The molecule has 2 atom stereocenters. The van der Waals surface area contributed by atoms with E-state index in [0.29, 0.717) is 31.0 Å². The van der Waals surface area contributed by atoms with Crippen molar-refractivity contribution in [2.45, 2.75) is 50.5 Å². The monoisotopic (exact) mass is 307 g/mol. The molecule has 6 heteroatoms. The highest BCUT2D eigenvalue weighted by Crippen LogP contribution is 2.33. The van der Waals surface area contributed by atoms with Gasteiger partial charge in [-0.25, -0.2) is 0 Å². The van der Waals surface area contributed by atoms with Crippen LogP contribution >= 0.6 is 0 Å². The van der Waals surface area contributed by atoms with Gasteiger partial charge >= 0.3 is 0 Å². The van der Waals surface area contributed by atoms with E-state index in [4.69, 9.17) is 0 Å². The quantitative estimate of drug-likeness (QED) is 0.784. The number of carbonyl (C=O) groups excluding carboxylic acids is 1. The number of aromatic amines is 1. The molecule has 22 heavy (non-hydrogen) atoms. The maximum atomic E-state index is 12.8. The van der Waals surface area contributed by atoms with Crippen molar-refractivity contribution in [3.63, 3.8) is 0 Å². The van der Waals surface area contributed by atoms with Crippen molar-refractivity contribution >= 4 is 5.91 Å². The lowest BCUT2D eigenvalue weighted by molar-refractivity contribution is 0.000810. The van der Waals surface area contributed by atoms with Crippen molar-refractivity contribution in [1.82, 2.24) is 15.1 Å². The summed E-state index contributed by atoms with van der Waals surface area (Å²) in [6.45, 7) is 0.845. The standard InChI is InChI=1S/C16H25N3O3/c20-10-12-6-7-19(9-14(12)21)16(22)13-8-17-18-15(13)11-4-2-1-3-5-11/h8,11-12,14,20-21H,1-7,9-10H2,(H,17,18)/t12-,14-/m1/s1. The number of β-amino-alcohol motifs (C(OH)–C–C–N with tert-alkyl or cyclic N) is 1. The molecule has 1 saturated carbocycles. The Hall–Kier alpha value is -1.40. The predicted molar refractivity (Wildman–Crippen MR) is 81.5 cm³/mol. The Morgan fingerprint density at radius 2 is 2.09 bits per heavy atom. The van der Waals surface area contributed by atoms with Crippen LogP contribution in [0.25, 0.3) is 0 Å². The second kappa shape index (κ2) is 6.79. The van der Waals surface area contributed by atoms with Crippen molar-refractivity contribution in [2.24, 2.45) is 5.92 Å². The molecule has 122 valence electrons. The summed E-state index contributed by atoms with van der Waals surface area (Å²) in [4.78, 5) is 14.4. The molecular formula is C16H25N3O3. The summed E-state index contributed by atoms with van der Waals surface area (Å²) in [5.74, 6) is 0.228. The van der Waals surface area contributed by atoms with Crippen LogP contribution in [0.1, 0.15) is 60.5 Å². The van der Waals surface area contributed by atoms with Crippen molar-refractivity contribution in [3.05, 3.63) is 17.5 Å². The third-order valence-electron chi connectivity index (χ3n) is 5.16. The van der Waals surface area contributed by atoms with Gasteiger partial charge < -0.3 is 15.1 Å². The van der Waals surface area contributed by atoms with Gasteiger partial charge in [-0.3, -0.25) is 9.89 Å². The Balaban J connectivity index is 1.72. The number of aromatic nitrogens is 2. The summed E-state index contributed by atoms with van der Waals surface area (Å²) < 4.78 is 0. The SMILES string of the molecule is O=C(c1cn[nH]c1C1CCCCC1)N1CC[C@H](CO)[C@H](O)C1. The molecule has 3 N–H and O–H groups in total. The minimum atomic E-state index is -0.646. The summed E-state index contributed by atoms with van der Waals surface area (Å²) in [5.41, 5.74) is 1.62. The number of nitrogens with zero attached hydrogens (tertiary/aromatic N) is 2. The first-order valence-corrected chi connectivity index (χ1v) is 8.32. The maximum Gasteiger partial charge on any atom is 0.257 e. The Labute approximate surface area is 130 Å². The van der Waals surface area contributed by atoms with Gasteiger partial charge in [0.05, 0.1) is 23.6 Å². The van der Waals surface area contributed by atoms with E-state index in [1.807, 2.05) is 0 Å². The van der Waals surface area contributed by atoms with Gasteiger partial charge in [-0.05, 0) is 19.3 Å². The van der Waals surface area contributed by atoms with E-state index in [2.05, 4.69) is 10.2 Å². The molecule has 1 aliphatic heterocycles. The first-order valence-electron chi connectivity index (χ1n) is 8.32.